The number of rotatable bonds is 4. The van der Waals surface area contributed by atoms with Crippen molar-refractivity contribution >= 4 is 15.8 Å². The maximum atomic E-state index is 12.1. The molecule has 0 saturated carbocycles. The van der Waals surface area contributed by atoms with Crippen molar-refractivity contribution in [3.63, 3.8) is 0 Å². The molecule has 1 atom stereocenters. The van der Waals surface area contributed by atoms with Crippen LogP contribution in [0.4, 0.5) is 5.82 Å². The molecule has 0 aromatic carbocycles. The van der Waals surface area contributed by atoms with Gasteiger partial charge in [-0.15, -0.1) is 0 Å². The summed E-state index contributed by atoms with van der Waals surface area (Å²) in [6, 6.07) is 2.63. The van der Waals surface area contributed by atoms with Crippen molar-refractivity contribution < 1.29 is 8.42 Å². The van der Waals surface area contributed by atoms with Gasteiger partial charge in [-0.05, 0) is 18.4 Å². The van der Waals surface area contributed by atoms with Gasteiger partial charge in [0.15, 0.2) is 0 Å². The summed E-state index contributed by atoms with van der Waals surface area (Å²) >= 11 is 0. The Kier molecular flexibility index (Phi) is 4.31. The molecule has 0 fully saturated rings. The second-order valence-corrected chi connectivity index (χ2v) is 6.94. The standard InChI is InChI=1S/C11H20N4O2S/c1-8(11(2,3)4)15-18(16,17)9-5-6-13-10(7-9)14-12/h5-8,15H,12H2,1-4H3,(H,13,14). The molecule has 1 rings (SSSR count). The highest BCUT2D eigenvalue weighted by Crippen LogP contribution is 2.21. The number of anilines is 1. The third-order valence-corrected chi connectivity index (χ3v) is 4.36. The first-order chi connectivity index (χ1) is 8.16. The van der Waals surface area contributed by atoms with E-state index in [9.17, 15) is 8.42 Å². The lowest BCUT2D eigenvalue weighted by molar-refractivity contribution is 0.317. The van der Waals surface area contributed by atoms with Gasteiger partial charge in [-0.25, -0.2) is 24.0 Å². The van der Waals surface area contributed by atoms with Crippen molar-refractivity contribution in [1.82, 2.24) is 9.71 Å². The first-order valence-electron chi connectivity index (χ1n) is 5.62. The lowest BCUT2D eigenvalue weighted by atomic mass is 9.89. The normalized spacial score (nSPS) is 14.3. The van der Waals surface area contributed by atoms with E-state index in [0.29, 0.717) is 5.82 Å². The van der Waals surface area contributed by atoms with Crippen molar-refractivity contribution in [3.05, 3.63) is 18.3 Å². The van der Waals surface area contributed by atoms with Crippen LogP contribution in [0, 0.1) is 5.41 Å². The van der Waals surface area contributed by atoms with Gasteiger partial charge in [0.05, 0.1) is 4.90 Å². The molecule has 4 N–H and O–H groups in total. The fraction of sp³-hybridized carbons (Fsp3) is 0.545. The van der Waals surface area contributed by atoms with Crippen LogP contribution in [-0.2, 0) is 10.0 Å². The molecule has 0 amide bonds. The van der Waals surface area contributed by atoms with Crippen molar-refractivity contribution in [1.29, 1.82) is 0 Å². The number of nitrogens with zero attached hydrogens (tertiary/aromatic N) is 1. The zero-order chi connectivity index (χ0) is 14.0. The summed E-state index contributed by atoms with van der Waals surface area (Å²) in [6.45, 7) is 7.75. The minimum atomic E-state index is -3.56. The van der Waals surface area contributed by atoms with E-state index in [-0.39, 0.29) is 16.4 Å². The van der Waals surface area contributed by atoms with E-state index in [1.165, 1.54) is 18.3 Å². The van der Waals surface area contributed by atoms with E-state index in [2.05, 4.69) is 15.1 Å². The molecular formula is C11H20N4O2S. The predicted molar refractivity (Wildman–Crippen MR) is 71.3 cm³/mol. The van der Waals surface area contributed by atoms with Crippen LogP contribution in [-0.4, -0.2) is 19.4 Å². The van der Waals surface area contributed by atoms with Crippen LogP contribution in [0.15, 0.2) is 23.2 Å². The molecule has 18 heavy (non-hydrogen) atoms. The summed E-state index contributed by atoms with van der Waals surface area (Å²) in [4.78, 5) is 4.01. The summed E-state index contributed by atoms with van der Waals surface area (Å²) < 4.78 is 26.9. The number of hydrogen-bond donors (Lipinski definition) is 3. The molecule has 7 heteroatoms. The van der Waals surface area contributed by atoms with E-state index in [4.69, 9.17) is 5.84 Å². The zero-order valence-electron chi connectivity index (χ0n) is 11.1. The molecule has 0 aliphatic heterocycles. The predicted octanol–water partition coefficient (Wildman–Crippen LogP) is 1.08. The Morgan fingerprint density at radius 1 is 1.39 bits per heavy atom. The van der Waals surface area contributed by atoms with Crippen molar-refractivity contribution in [2.24, 2.45) is 11.3 Å². The Morgan fingerprint density at radius 3 is 2.50 bits per heavy atom. The van der Waals surface area contributed by atoms with Crippen molar-refractivity contribution in [2.45, 2.75) is 38.6 Å². The second-order valence-electron chi connectivity index (χ2n) is 5.23. The van der Waals surface area contributed by atoms with Crippen molar-refractivity contribution in [3.8, 4) is 0 Å². The van der Waals surface area contributed by atoms with E-state index < -0.39 is 10.0 Å². The average molecular weight is 272 g/mol. The fourth-order valence-electron chi connectivity index (χ4n) is 1.13. The van der Waals surface area contributed by atoms with Gasteiger partial charge in [-0.1, -0.05) is 20.8 Å². The van der Waals surface area contributed by atoms with Crippen molar-refractivity contribution in [2.75, 3.05) is 5.43 Å². The van der Waals surface area contributed by atoms with Gasteiger partial charge in [0.1, 0.15) is 5.82 Å². The smallest absolute Gasteiger partial charge is 0.241 e. The minimum Gasteiger partial charge on any atom is -0.308 e. The maximum absolute atomic E-state index is 12.1. The number of aromatic nitrogens is 1. The molecule has 0 saturated heterocycles. The van der Waals surface area contributed by atoms with Gasteiger partial charge in [-0.2, -0.15) is 0 Å². The number of nitrogens with one attached hydrogen (secondary N) is 2. The molecule has 1 unspecified atom stereocenters. The van der Waals surface area contributed by atoms with E-state index in [0.717, 1.165) is 0 Å². The largest absolute Gasteiger partial charge is 0.308 e. The Labute approximate surface area is 108 Å². The molecule has 102 valence electrons. The Bertz CT molecular complexity index is 508. The van der Waals surface area contributed by atoms with Gasteiger partial charge in [0.2, 0.25) is 10.0 Å². The zero-order valence-corrected chi connectivity index (χ0v) is 11.9. The van der Waals surface area contributed by atoms with Crippen LogP contribution in [0.3, 0.4) is 0 Å². The van der Waals surface area contributed by atoms with Crippen LogP contribution in [0.5, 0.6) is 0 Å². The molecule has 0 bridgehead atoms. The first-order valence-corrected chi connectivity index (χ1v) is 7.10. The summed E-state index contributed by atoms with van der Waals surface area (Å²) in [6.07, 6.45) is 1.39. The number of sulfonamides is 1. The molecule has 1 heterocycles. The highest BCUT2D eigenvalue weighted by atomic mass is 32.2. The van der Waals surface area contributed by atoms with E-state index in [1.54, 1.807) is 0 Å². The van der Waals surface area contributed by atoms with Crippen LogP contribution in [0.2, 0.25) is 0 Å². The highest BCUT2D eigenvalue weighted by Gasteiger charge is 2.26. The van der Waals surface area contributed by atoms with Gasteiger partial charge in [0, 0.05) is 18.3 Å². The number of hydrazine groups is 1. The molecule has 0 aliphatic carbocycles. The Balaban J connectivity index is 3.00. The van der Waals surface area contributed by atoms with Crippen LogP contribution in [0.1, 0.15) is 27.7 Å². The lowest BCUT2D eigenvalue weighted by Gasteiger charge is -2.27. The molecular weight excluding hydrogens is 252 g/mol. The number of nitrogens with two attached hydrogens (primary N) is 1. The molecule has 0 aliphatic rings. The number of nitrogen functional groups attached to an aromatic ring is 1. The molecule has 1 aromatic heterocycles. The molecule has 0 radical (unpaired) electrons. The van der Waals surface area contributed by atoms with E-state index >= 15 is 0 Å². The second kappa shape index (κ2) is 5.21. The first kappa shape index (κ1) is 14.9. The Hall–Kier alpha value is -1.18. The Morgan fingerprint density at radius 2 is 2.00 bits per heavy atom. The number of pyridine rings is 1. The van der Waals surface area contributed by atoms with Gasteiger partial charge in [-0.3, -0.25) is 0 Å². The molecule has 6 nitrogen and oxygen atoms in total. The lowest BCUT2D eigenvalue weighted by Crippen LogP contribution is -2.41. The van der Waals surface area contributed by atoms with Gasteiger partial charge in [0.25, 0.3) is 0 Å². The average Bonchev–Trinajstić information content (AvgIpc) is 2.27. The number of hydrogen-bond acceptors (Lipinski definition) is 5. The quantitative estimate of drug-likeness (QED) is 0.563. The van der Waals surface area contributed by atoms with Crippen LogP contribution in [0.25, 0.3) is 0 Å². The van der Waals surface area contributed by atoms with Crippen LogP contribution >= 0.6 is 0 Å². The van der Waals surface area contributed by atoms with Gasteiger partial charge >= 0.3 is 0 Å². The third kappa shape index (κ3) is 3.66. The fourth-order valence-corrected chi connectivity index (χ4v) is 2.60. The third-order valence-electron chi connectivity index (χ3n) is 2.82. The molecule has 0 spiro atoms. The topological polar surface area (TPSA) is 97.1 Å². The monoisotopic (exact) mass is 272 g/mol. The maximum Gasteiger partial charge on any atom is 0.241 e. The minimum absolute atomic E-state index is 0.140. The summed E-state index contributed by atoms with van der Waals surface area (Å²) in [5.41, 5.74) is 2.16. The summed E-state index contributed by atoms with van der Waals surface area (Å²) in [7, 11) is -3.56. The van der Waals surface area contributed by atoms with E-state index in [1.807, 2.05) is 27.7 Å². The highest BCUT2D eigenvalue weighted by molar-refractivity contribution is 7.89. The molecule has 1 aromatic rings. The van der Waals surface area contributed by atoms with Gasteiger partial charge < -0.3 is 5.43 Å². The summed E-state index contributed by atoms with van der Waals surface area (Å²) in [5.74, 6) is 5.51. The SMILES string of the molecule is CC(NS(=O)(=O)c1ccnc(NN)c1)C(C)(C)C. The summed E-state index contributed by atoms with van der Waals surface area (Å²) in [5, 5.41) is 0. The van der Waals surface area contributed by atoms with Crippen LogP contribution < -0.4 is 16.0 Å².